The molecule has 0 unspecified atom stereocenters. The Kier molecular flexibility index (Phi) is 6.80. The molecule has 1 aromatic carbocycles. The van der Waals surface area contributed by atoms with E-state index in [4.69, 9.17) is 9.15 Å². The van der Waals surface area contributed by atoms with Gasteiger partial charge in [-0.2, -0.15) is 0 Å². The van der Waals surface area contributed by atoms with Crippen molar-refractivity contribution in [3.63, 3.8) is 0 Å². The number of hydrogen-bond acceptors (Lipinski definition) is 4. The molecule has 27 heavy (non-hydrogen) atoms. The Morgan fingerprint density at radius 2 is 1.89 bits per heavy atom. The maximum absolute atomic E-state index is 12.1. The zero-order valence-electron chi connectivity index (χ0n) is 15.7. The van der Waals surface area contributed by atoms with Gasteiger partial charge in [0, 0.05) is 11.8 Å². The molecule has 0 saturated carbocycles. The Balaban J connectivity index is 1.55. The number of hydrogen-bond donors (Lipinski definition) is 0. The predicted molar refractivity (Wildman–Crippen MR) is 105 cm³/mol. The first-order chi connectivity index (χ1) is 13.3. The van der Waals surface area contributed by atoms with Crippen LogP contribution in [0.1, 0.15) is 54.3 Å². The largest absolute Gasteiger partial charge is 0.466 e. The third-order valence-corrected chi connectivity index (χ3v) is 4.49. The van der Waals surface area contributed by atoms with E-state index in [2.05, 4.69) is 18.0 Å². The van der Waals surface area contributed by atoms with Gasteiger partial charge in [0.2, 0.25) is 0 Å². The van der Waals surface area contributed by atoms with E-state index in [1.165, 1.54) is 31.2 Å². The van der Waals surface area contributed by atoms with Crippen molar-refractivity contribution in [3.05, 3.63) is 77.9 Å². The van der Waals surface area contributed by atoms with Crippen molar-refractivity contribution in [2.24, 2.45) is 0 Å². The topological polar surface area (TPSA) is 52.3 Å². The average molecular weight is 363 g/mol. The highest BCUT2D eigenvalue weighted by Gasteiger charge is 2.09. The lowest BCUT2D eigenvalue weighted by Gasteiger charge is -2.06. The van der Waals surface area contributed by atoms with Crippen molar-refractivity contribution in [2.45, 2.75) is 45.6 Å². The standard InChI is InChI=1S/C23H25NO3/c1-2-3-4-5-7-18-9-14-22(24-16-18)19-10-12-20(13-11-19)23(25)27-17-21-8-6-15-26-21/h6,8-16H,2-5,7,17H2,1H3. The van der Waals surface area contributed by atoms with E-state index in [-0.39, 0.29) is 12.6 Å². The van der Waals surface area contributed by atoms with Gasteiger partial charge in [0.1, 0.15) is 12.4 Å². The van der Waals surface area contributed by atoms with Gasteiger partial charge in [-0.25, -0.2) is 4.79 Å². The normalized spacial score (nSPS) is 10.7. The summed E-state index contributed by atoms with van der Waals surface area (Å²) >= 11 is 0. The maximum Gasteiger partial charge on any atom is 0.338 e. The Hall–Kier alpha value is -2.88. The number of carbonyl (C=O) groups excluding carboxylic acids is 1. The minimum absolute atomic E-state index is 0.134. The third-order valence-electron chi connectivity index (χ3n) is 4.49. The van der Waals surface area contributed by atoms with Gasteiger partial charge in [0.05, 0.1) is 17.5 Å². The number of benzene rings is 1. The second-order valence-corrected chi connectivity index (χ2v) is 6.60. The van der Waals surface area contributed by atoms with Crippen molar-refractivity contribution in [3.8, 4) is 11.3 Å². The number of furan rings is 1. The molecule has 0 fully saturated rings. The molecule has 0 aliphatic carbocycles. The van der Waals surface area contributed by atoms with Gasteiger partial charge >= 0.3 is 5.97 Å². The van der Waals surface area contributed by atoms with Crippen molar-refractivity contribution in [2.75, 3.05) is 0 Å². The van der Waals surface area contributed by atoms with Crippen molar-refractivity contribution >= 4 is 5.97 Å². The fourth-order valence-corrected chi connectivity index (χ4v) is 2.89. The van der Waals surface area contributed by atoms with Crippen LogP contribution in [0.3, 0.4) is 0 Å². The number of ether oxygens (including phenoxy) is 1. The monoisotopic (exact) mass is 363 g/mol. The van der Waals surface area contributed by atoms with Gasteiger partial charge in [-0.15, -0.1) is 0 Å². The Morgan fingerprint density at radius 1 is 1.04 bits per heavy atom. The van der Waals surface area contributed by atoms with Crippen molar-refractivity contribution in [1.29, 1.82) is 0 Å². The molecule has 2 heterocycles. The average Bonchev–Trinajstić information content (AvgIpc) is 3.24. The molecule has 0 N–H and O–H groups in total. The number of esters is 1. The first-order valence-corrected chi connectivity index (χ1v) is 9.51. The van der Waals surface area contributed by atoms with E-state index in [9.17, 15) is 4.79 Å². The van der Waals surface area contributed by atoms with Crippen LogP contribution < -0.4 is 0 Å². The van der Waals surface area contributed by atoms with E-state index in [0.717, 1.165) is 17.7 Å². The summed E-state index contributed by atoms with van der Waals surface area (Å²) in [6.07, 6.45) is 9.62. The summed E-state index contributed by atoms with van der Waals surface area (Å²) in [6, 6.07) is 15.0. The summed E-state index contributed by atoms with van der Waals surface area (Å²) in [5.74, 6) is 0.257. The Bertz CT molecular complexity index is 821. The smallest absolute Gasteiger partial charge is 0.338 e. The molecular weight excluding hydrogens is 338 g/mol. The fourth-order valence-electron chi connectivity index (χ4n) is 2.89. The van der Waals surface area contributed by atoms with Gasteiger partial charge in [-0.3, -0.25) is 4.98 Å². The number of aromatic nitrogens is 1. The molecule has 0 radical (unpaired) electrons. The summed E-state index contributed by atoms with van der Waals surface area (Å²) in [6.45, 7) is 2.36. The highest BCUT2D eigenvalue weighted by molar-refractivity contribution is 5.89. The molecule has 2 aromatic heterocycles. The lowest BCUT2D eigenvalue weighted by molar-refractivity contribution is 0.0445. The summed E-state index contributed by atoms with van der Waals surface area (Å²) in [5.41, 5.74) is 3.67. The lowest BCUT2D eigenvalue weighted by atomic mass is 10.1. The van der Waals surface area contributed by atoms with Crippen LogP contribution in [0.2, 0.25) is 0 Å². The van der Waals surface area contributed by atoms with Gasteiger partial charge in [-0.1, -0.05) is 44.4 Å². The van der Waals surface area contributed by atoms with Crippen LogP contribution in [0.4, 0.5) is 0 Å². The van der Waals surface area contributed by atoms with E-state index >= 15 is 0 Å². The van der Waals surface area contributed by atoms with Crippen LogP contribution in [0.15, 0.2) is 65.4 Å². The Morgan fingerprint density at radius 3 is 2.56 bits per heavy atom. The molecule has 0 atom stereocenters. The van der Waals surface area contributed by atoms with Crippen LogP contribution in [0.25, 0.3) is 11.3 Å². The molecule has 0 aliphatic rings. The first kappa shape index (κ1) is 18.9. The molecular formula is C23H25NO3. The fraction of sp³-hybridized carbons (Fsp3) is 0.304. The van der Waals surface area contributed by atoms with Crippen molar-refractivity contribution < 1.29 is 13.9 Å². The molecule has 0 amide bonds. The zero-order chi connectivity index (χ0) is 18.9. The molecule has 3 aromatic rings. The highest BCUT2D eigenvalue weighted by atomic mass is 16.5. The zero-order valence-corrected chi connectivity index (χ0v) is 15.7. The molecule has 0 bridgehead atoms. The number of aryl methyl sites for hydroxylation is 1. The summed E-state index contributed by atoms with van der Waals surface area (Å²) < 4.78 is 10.4. The number of pyridine rings is 1. The molecule has 4 heteroatoms. The number of nitrogens with zero attached hydrogens (tertiary/aromatic N) is 1. The first-order valence-electron chi connectivity index (χ1n) is 9.51. The summed E-state index contributed by atoms with van der Waals surface area (Å²) in [5, 5.41) is 0. The molecule has 4 nitrogen and oxygen atoms in total. The molecule has 3 rings (SSSR count). The van der Waals surface area contributed by atoms with Gasteiger partial charge in [0.15, 0.2) is 0 Å². The van der Waals surface area contributed by atoms with Crippen LogP contribution in [0.5, 0.6) is 0 Å². The number of unbranched alkanes of at least 4 members (excludes halogenated alkanes) is 3. The quantitative estimate of drug-likeness (QED) is 0.355. The van der Waals surface area contributed by atoms with E-state index in [0.29, 0.717) is 11.3 Å². The SMILES string of the molecule is CCCCCCc1ccc(-c2ccc(C(=O)OCc3ccco3)cc2)nc1. The van der Waals surface area contributed by atoms with Crippen molar-refractivity contribution in [1.82, 2.24) is 4.98 Å². The molecule has 0 aliphatic heterocycles. The van der Waals surface area contributed by atoms with E-state index < -0.39 is 0 Å². The summed E-state index contributed by atoms with van der Waals surface area (Å²) in [7, 11) is 0. The van der Waals surface area contributed by atoms with Crippen LogP contribution in [0, 0.1) is 0 Å². The van der Waals surface area contributed by atoms with Crippen LogP contribution in [-0.2, 0) is 17.8 Å². The van der Waals surface area contributed by atoms with Gasteiger partial charge in [-0.05, 0) is 48.7 Å². The second-order valence-electron chi connectivity index (χ2n) is 6.60. The summed E-state index contributed by atoms with van der Waals surface area (Å²) in [4.78, 5) is 16.7. The number of rotatable bonds is 9. The molecule has 0 spiro atoms. The molecule has 0 saturated heterocycles. The van der Waals surface area contributed by atoms with Gasteiger partial charge in [0.25, 0.3) is 0 Å². The number of carbonyl (C=O) groups is 1. The molecule has 140 valence electrons. The van der Waals surface area contributed by atoms with E-state index in [1.54, 1.807) is 30.5 Å². The van der Waals surface area contributed by atoms with E-state index in [1.807, 2.05) is 24.4 Å². The lowest BCUT2D eigenvalue weighted by Crippen LogP contribution is -2.04. The Labute approximate surface area is 160 Å². The second kappa shape index (κ2) is 9.72. The van der Waals surface area contributed by atoms with Gasteiger partial charge < -0.3 is 9.15 Å². The minimum Gasteiger partial charge on any atom is -0.466 e. The predicted octanol–water partition coefficient (Wildman–Crippen LogP) is 5.82. The van der Waals surface area contributed by atoms with Crippen LogP contribution in [-0.4, -0.2) is 11.0 Å². The van der Waals surface area contributed by atoms with Crippen LogP contribution >= 0.6 is 0 Å². The maximum atomic E-state index is 12.1. The highest BCUT2D eigenvalue weighted by Crippen LogP contribution is 2.19. The minimum atomic E-state index is -0.367. The third kappa shape index (κ3) is 5.55.